The molecule has 0 spiro atoms. The highest BCUT2D eigenvalue weighted by Crippen LogP contribution is 2.32. The van der Waals surface area contributed by atoms with Crippen LogP contribution in [-0.4, -0.2) is 32.2 Å². The fraction of sp³-hybridized carbons (Fsp3) is 0.158. The smallest absolute Gasteiger partial charge is 0.261 e. The Kier molecular flexibility index (Phi) is 5.56. The van der Waals surface area contributed by atoms with E-state index in [9.17, 15) is 9.18 Å². The average Bonchev–Trinajstić information content (AvgIpc) is 3.15. The van der Waals surface area contributed by atoms with Gasteiger partial charge in [-0.3, -0.25) is 10.1 Å². The Bertz CT molecular complexity index is 974. The summed E-state index contributed by atoms with van der Waals surface area (Å²) < 4.78 is 29.3. The molecule has 1 N–H and O–H groups in total. The SMILES string of the molecule is COc1ccc(-c2csc(NC(=O)c3cccc(OC)c3OC)n2)cc1F. The molecule has 0 aliphatic carbocycles. The largest absolute Gasteiger partial charge is 0.494 e. The number of carbonyl (C=O) groups is 1. The summed E-state index contributed by atoms with van der Waals surface area (Å²) in [5.41, 5.74) is 1.46. The van der Waals surface area contributed by atoms with E-state index in [1.807, 2.05) is 0 Å². The minimum absolute atomic E-state index is 0.160. The molecule has 0 bridgehead atoms. The van der Waals surface area contributed by atoms with Crippen molar-refractivity contribution < 1.29 is 23.4 Å². The van der Waals surface area contributed by atoms with Crippen LogP contribution in [0.2, 0.25) is 0 Å². The van der Waals surface area contributed by atoms with Gasteiger partial charge >= 0.3 is 0 Å². The number of carbonyl (C=O) groups excluding carboxylic acids is 1. The molecule has 3 aromatic rings. The molecule has 1 heterocycles. The number of hydrogen-bond donors (Lipinski definition) is 1. The van der Waals surface area contributed by atoms with Crippen molar-refractivity contribution in [2.24, 2.45) is 0 Å². The minimum Gasteiger partial charge on any atom is -0.494 e. The second-order valence-corrected chi connectivity index (χ2v) is 6.24. The van der Waals surface area contributed by atoms with E-state index in [1.54, 1.807) is 29.6 Å². The fourth-order valence-corrected chi connectivity index (χ4v) is 3.23. The number of amides is 1. The molecule has 1 amide bonds. The Hall–Kier alpha value is -3.13. The molecule has 0 fully saturated rings. The number of rotatable bonds is 6. The highest BCUT2D eigenvalue weighted by molar-refractivity contribution is 7.14. The zero-order valence-corrected chi connectivity index (χ0v) is 15.7. The molecule has 0 unspecified atom stereocenters. The van der Waals surface area contributed by atoms with Crippen molar-refractivity contribution in [3.63, 3.8) is 0 Å². The normalized spacial score (nSPS) is 10.4. The summed E-state index contributed by atoms with van der Waals surface area (Å²) in [7, 11) is 4.37. The van der Waals surface area contributed by atoms with Crippen LogP contribution in [0.3, 0.4) is 0 Å². The van der Waals surface area contributed by atoms with Gasteiger partial charge in [-0.2, -0.15) is 0 Å². The van der Waals surface area contributed by atoms with Crippen LogP contribution in [0.5, 0.6) is 17.2 Å². The Morgan fingerprint density at radius 3 is 2.52 bits per heavy atom. The van der Waals surface area contributed by atoms with Crippen molar-refractivity contribution in [1.82, 2.24) is 4.98 Å². The molecular formula is C19H17FN2O4S. The van der Waals surface area contributed by atoms with Crippen LogP contribution in [0.1, 0.15) is 10.4 Å². The Balaban J connectivity index is 1.82. The Morgan fingerprint density at radius 2 is 1.85 bits per heavy atom. The monoisotopic (exact) mass is 388 g/mol. The van der Waals surface area contributed by atoms with Gasteiger partial charge in [0.2, 0.25) is 0 Å². The van der Waals surface area contributed by atoms with Crippen molar-refractivity contribution in [2.45, 2.75) is 0 Å². The molecule has 1 aromatic heterocycles. The van der Waals surface area contributed by atoms with Crippen molar-refractivity contribution in [3.05, 3.63) is 53.2 Å². The summed E-state index contributed by atoms with van der Waals surface area (Å²) in [5.74, 6) is 0.0973. The van der Waals surface area contributed by atoms with Gasteiger partial charge in [0, 0.05) is 10.9 Å². The van der Waals surface area contributed by atoms with Crippen LogP contribution in [0.25, 0.3) is 11.3 Å². The highest BCUT2D eigenvalue weighted by Gasteiger charge is 2.18. The lowest BCUT2D eigenvalue weighted by molar-refractivity contribution is 0.102. The number of ether oxygens (including phenoxy) is 3. The summed E-state index contributed by atoms with van der Waals surface area (Å²) >= 11 is 1.24. The van der Waals surface area contributed by atoms with Crippen molar-refractivity contribution >= 4 is 22.4 Å². The van der Waals surface area contributed by atoms with E-state index in [0.717, 1.165) is 0 Å². The first-order valence-electron chi connectivity index (χ1n) is 7.89. The van der Waals surface area contributed by atoms with E-state index in [0.29, 0.717) is 33.5 Å². The highest BCUT2D eigenvalue weighted by atomic mass is 32.1. The maximum atomic E-state index is 13.9. The second-order valence-electron chi connectivity index (χ2n) is 5.38. The van der Waals surface area contributed by atoms with Gasteiger partial charge in [0.1, 0.15) is 0 Å². The van der Waals surface area contributed by atoms with Gasteiger partial charge in [-0.15, -0.1) is 11.3 Å². The lowest BCUT2D eigenvalue weighted by Gasteiger charge is -2.11. The number of halogens is 1. The first kappa shape index (κ1) is 18.7. The maximum Gasteiger partial charge on any atom is 0.261 e. The minimum atomic E-state index is -0.477. The van der Waals surface area contributed by atoms with Crippen molar-refractivity contribution in [3.8, 4) is 28.5 Å². The molecule has 27 heavy (non-hydrogen) atoms. The third kappa shape index (κ3) is 3.85. The van der Waals surface area contributed by atoms with Crippen LogP contribution < -0.4 is 19.5 Å². The zero-order chi connectivity index (χ0) is 19.4. The standard InChI is InChI=1S/C19H17FN2O4S/c1-24-15-8-7-11(9-13(15)20)14-10-27-19(21-14)22-18(23)12-5-4-6-16(25-2)17(12)26-3/h4-10H,1-3H3,(H,21,22,23). The van der Waals surface area contributed by atoms with Gasteiger partial charge in [0.05, 0.1) is 32.6 Å². The third-order valence-corrected chi connectivity index (χ3v) is 4.58. The fourth-order valence-electron chi connectivity index (χ4n) is 2.52. The topological polar surface area (TPSA) is 69.7 Å². The maximum absolute atomic E-state index is 13.9. The van der Waals surface area contributed by atoms with E-state index < -0.39 is 5.82 Å². The Labute approximate surface area is 159 Å². The first-order valence-corrected chi connectivity index (χ1v) is 8.77. The summed E-state index contributed by atoms with van der Waals surface area (Å²) in [4.78, 5) is 16.9. The van der Waals surface area contributed by atoms with E-state index in [1.165, 1.54) is 44.8 Å². The van der Waals surface area contributed by atoms with E-state index >= 15 is 0 Å². The number of thiazole rings is 1. The quantitative estimate of drug-likeness (QED) is 0.684. The van der Waals surface area contributed by atoms with Gasteiger partial charge in [-0.05, 0) is 30.3 Å². The number of benzene rings is 2. The molecule has 0 aliphatic heterocycles. The molecule has 8 heteroatoms. The molecule has 0 aliphatic rings. The number of nitrogens with one attached hydrogen (secondary N) is 1. The van der Waals surface area contributed by atoms with Crippen LogP contribution >= 0.6 is 11.3 Å². The van der Waals surface area contributed by atoms with Crippen LogP contribution in [-0.2, 0) is 0 Å². The molecule has 3 rings (SSSR count). The van der Waals surface area contributed by atoms with Crippen molar-refractivity contribution in [2.75, 3.05) is 26.6 Å². The number of anilines is 1. The average molecular weight is 388 g/mol. The lowest BCUT2D eigenvalue weighted by atomic mass is 10.1. The first-order chi connectivity index (χ1) is 13.1. The summed E-state index contributed by atoms with van der Waals surface area (Å²) in [6.45, 7) is 0. The predicted molar refractivity (Wildman–Crippen MR) is 102 cm³/mol. The molecule has 140 valence electrons. The van der Waals surface area contributed by atoms with Gasteiger partial charge < -0.3 is 14.2 Å². The van der Waals surface area contributed by atoms with Gasteiger partial charge in [-0.25, -0.2) is 9.37 Å². The molecular weight excluding hydrogens is 371 g/mol. The predicted octanol–water partition coefficient (Wildman–Crippen LogP) is 4.23. The number of methoxy groups -OCH3 is 3. The lowest BCUT2D eigenvalue weighted by Crippen LogP contribution is -2.13. The molecule has 6 nitrogen and oxygen atoms in total. The van der Waals surface area contributed by atoms with Gasteiger partial charge in [0.15, 0.2) is 28.2 Å². The third-order valence-electron chi connectivity index (χ3n) is 3.82. The number of para-hydroxylation sites is 1. The summed E-state index contributed by atoms with van der Waals surface area (Å²) in [6, 6.07) is 9.60. The van der Waals surface area contributed by atoms with E-state index in [2.05, 4.69) is 10.3 Å². The number of nitrogens with zero attached hydrogens (tertiary/aromatic N) is 1. The van der Waals surface area contributed by atoms with Crippen LogP contribution in [0, 0.1) is 5.82 Å². The van der Waals surface area contributed by atoms with Crippen LogP contribution in [0.4, 0.5) is 9.52 Å². The van der Waals surface area contributed by atoms with Gasteiger partial charge in [-0.1, -0.05) is 6.07 Å². The molecule has 0 saturated carbocycles. The van der Waals surface area contributed by atoms with E-state index in [-0.39, 0.29) is 11.7 Å². The van der Waals surface area contributed by atoms with Gasteiger partial charge in [0.25, 0.3) is 5.91 Å². The Morgan fingerprint density at radius 1 is 1.07 bits per heavy atom. The zero-order valence-electron chi connectivity index (χ0n) is 14.9. The van der Waals surface area contributed by atoms with E-state index in [4.69, 9.17) is 14.2 Å². The summed E-state index contributed by atoms with van der Waals surface area (Å²) in [5, 5.41) is 4.85. The molecule has 0 atom stereocenters. The summed E-state index contributed by atoms with van der Waals surface area (Å²) in [6.07, 6.45) is 0. The molecule has 0 radical (unpaired) electrons. The number of hydrogen-bond acceptors (Lipinski definition) is 6. The number of aromatic nitrogens is 1. The molecule has 2 aromatic carbocycles. The van der Waals surface area contributed by atoms with Crippen molar-refractivity contribution in [1.29, 1.82) is 0 Å². The second kappa shape index (κ2) is 8.05. The van der Waals surface area contributed by atoms with Crippen LogP contribution in [0.15, 0.2) is 41.8 Å². The molecule has 0 saturated heterocycles.